The molecule has 1 N–H and O–H groups in total. The summed E-state index contributed by atoms with van der Waals surface area (Å²) < 4.78 is 6.62. The Kier molecular flexibility index (Phi) is 5.81. The van der Waals surface area contributed by atoms with E-state index >= 15 is 0 Å². The Morgan fingerprint density at radius 2 is 1.81 bits per heavy atom. The van der Waals surface area contributed by atoms with E-state index in [0.29, 0.717) is 22.9 Å². The Labute approximate surface area is 166 Å². The van der Waals surface area contributed by atoms with E-state index in [1.807, 2.05) is 32.9 Å². The van der Waals surface area contributed by atoms with Crippen molar-refractivity contribution in [3.63, 3.8) is 0 Å². The number of carbonyl (C=O) groups excluding carboxylic acids is 1. The Morgan fingerprint density at radius 1 is 1.07 bits per heavy atom. The predicted molar refractivity (Wildman–Crippen MR) is 106 cm³/mol. The van der Waals surface area contributed by atoms with Crippen molar-refractivity contribution >= 4 is 21.8 Å². The zero-order valence-electron chi connectivity index (χ0n) is 15.2. The SMILES string of the molecule is Cc1cc(Oc2cc(Br)cc(C(=O)NC(C)c3cnc(C)nc3)c2)ccn1. The smallest absolute Gasteiger partial charge is 0.251 e. The van der Waals surface area contributed by atoms with Crippen LogP contribution in [0.5, 0.6) is 11.5 Å². The third-order valence-corrected chi connectivity index (χ3v) is 4.34. The van der Waals surface area contributed by atoms with Gasteiger partial charge in [-0.2, -0.15) is 0 Å². The predicted octanol–water partition coefficient (Wildman–Crippen LogP) is 4.53. The minimum Gasteiger partial charge on any atom is -0.457 e. The van der Waals surface area contributed by atoms with E-state index in [-0.39, 0.29) is 11.9 Å². The summed E-state index contributed by atoms with van der Waals surface area (Å²) in [7, 11) is 0. The molecule has 7 heteroatoms. The van der Waals surface area contributed by atoms with E-state index in [1.165, 1.54) is 0 Å². The summed E-state index contributed by atoms with van der Waals surface area (Å²) in [5, 5.41) is 2.95. The zero-order chi connectivity index (χ0) is 19.4. The molecule has 1 amide bonds. The van der Waals surface area contributed by atoms with Crippen LogP contribution in [-0.2, 0) is 0 Å². The maximum atomic E-state index is 12.7. The lowest BCUT2D eigenvalue weighted by molar-refractivity contribution is 0.0939. The number of pyridine rings is 1. The molecule has 0 aliphatic heterocycles. The van der Waals surface area contributed by atoms with Gasteiger partial charge in [0.15, 0.2) is 0 Å². The van der Waals surface area contributed by atoms with Gasteiger partial charge in [0.25, 0.3) is 5.91 Å². The first-order valence-corrected chi connectivity index (χ1v) is 9.20. The summed E-state index contributed by atoms with van der Waals surface area (Å²) >= 11 is 3.44. The topological polar surface area (TPSA) is 77.0 Å². The fourth-order valence-electron chi connectivity index (χ4n) is 2.46. The van der Waals surface area contributed by atoms with Gasteiger partial charge < -0.3 is 10.1 Å². The number of nitrogens with zero attached hydrogens (tertiary/aromatic N) is 3. The number of hydrogen-bond acceptors (Lipinski definition) is 5. The molecule has 2 aromatic heterocycles. The van der Waals surface area contributed by atoms with Crippen LogP contribution < -0.4 is 10.1 Å². The normalized spacial score (nSPS) is 11.7. The van der Waals surface area contributed by atoms with E-state index < -0.39 is 0 Å². The van der Waals surface area contributed by atoms with E-state index in [2.05, 4.69) is 36.2 Å². The summed E-state index contributed by atoms with van der Waals surface area (Å²) in [6.45, 7) is 5.60. The van der Waals surface area contributed by atoms with Crippen LogP contribution >= 0.6 is 15.9 Å². The number of hydrogen-bond donors (Lipinski definition) is 1. The first kappa shape index (κ1) is 19.0. The molecular weight excluding hydrogens is 408 g/mol. The molecule has 0 saturated carbocycles. The Morgan fingerprint density at radius 3 is 2.52 bits per heavy atom. The fraction of sp³-hybridized carbons (Fsp3) is 0.200. The van der Waals surface area contributed by atoms with Crippen LogP contribution in [0, 0.1) is 13.8 Å². The monoisotopic (exact) mass is 426 g/mol. The summed E-state index contributed by atoms with van der Waals surface area (Å²) in [5.41, 5.74) is 2.19. The molecular formula is C20H19BrN4O2. The van der Waals surface area contributed by atoms with Gasteiger partial charge >= 0.3 is 0 Å². The molecule has 0 fully saturated rings. The lowest BCUT2D eigenvalue weighted by atomic mass is 10.1. The maximum Gasteiger partial charge on any atom is 0.251 e. The van der Waals surface area contributed by atoms with Crippen LogP contribution in [-0.4, -0.2) is 20.9 Å². The standard InChI is InChI=1S/C20H19BrN4O2/c1-12-6-18(4-5-22-12)27-19-8-15(7-17(21)9-19)20(26)25-13(2)16-10-23-14(3)24-11-16/h4-11,13H,1-3H3,(H,25,26). The van der Waals surface area contributed by atoms with Crippen LogP contribution in [0.15, 0.2) is 53.4 Å². The van der Waals surface area contributed by atoms with Gasteiger partial charge in [0.1, 0.15) is 17.3 Å². The molecule has 0 aliphatic rings. The van der Waals surface area contributed by atoms with Crippen molar-refractivity contribution in [2.45, 2.75) is 26.8 Å². The Bertz CT molecular complexity index is 960. The summed E-state index contributed by atoms with van der Waals surface area (Å²) in [6, 6.07) is 8.65. The highest BCUT2D eigenvalue weighted by atomic mass is 79.9. The van der Waals surface area contributed by atoms with Gasteiger partial charge in [0.2, 0.25) is 0 Å². The van der Waals surface area contributed by atoms with Gasteiger partial charge in [-0.15, -0.1) is 0 Å². The Balaban J connectivity index is 1.76. The van der Waals surface area contributed by atoms with Gasteiger partial charge in [-0.3, -0.25) is 9.78 Å². The lowest BCUT2D eigenvalue weighted by Gasteiger charge is -2.15. The second-order valence-electron chi connectivity index (χ2n) is 6.17. The molecule has 0 aliphatic carbocycles. The minimum atomic E-state index is -0.218. The molecule has 0 bridgehead atoms. The molecule has 0 radical (unpaired) electrons. The molecule has 0 saturated heterocycles. The third kappa shape index (κ3) is 5.10. The van der Waals surface area contributed by atoms with Crippen LogP contribution in [0.1, 0.15) is 40.4 Å². The average Bonchev–Trinajstić information content (AvgIpc) is 2.61. The second kappa shape index (κ2) is 8.26. The van der Waals surface area contributed by atoms with Crippen LogP contribution in [0.4, 0.5) is 0 Å². The molecule has 1 unspecified atom stereocenters. The van der Waals surface area contributed by atoms with Crippen molar-refractivity contribution in [1.29, 1.82) is 0 Å². The van der Waals surface area contributed by atoms with Gasteiger partial charge in [-0.25, -0.2) is 9.97 Å². The molecule has 6 nitrogen and oxygen atoms in total. The van der Waals surface area contributed by atoms with E-state index in [1.54, 1.807) is 36.8 Å². The molecule has 2 heterocycles. The number of halogens is 1. The number of ether oxygens (including phenoxy) is 1. The minimum absolute atomic E-state index is 0.208. The molecule has 0 spiro atoms. The number of nitrogens with one attached hydrogen (secondary N) is 1. The average molecular weight is 427 g/mol. The first-order chi connectivity index (χ1) is 12.9. The van der Waals surface area contributed by atoms with Crippen molar-refractivity contribution in [3.05, 3.63) is 76.0 Å². The largest absolute Gasteiger partial charge is 0.457 e. The van der Waals surface area contributed by atoms with Crippen LogP contribution in [0.25, 0.3) is 0 Å². The van der Waals surface area contributed by atoms with Gasteiger partial charge in [0, 0.05) is 46.0 Å². The molecule has 3 rings (SSSR count). The number of amides is 1. The van der Waals surface area contributed by atoms with Crippen molar-refractivity contribution in [1.82, 2.24) is 20.3 Å². The second-order valence-corrected chi connectivity index (χ2v) is 7.09. The van der Waals surface area contributed by atoms with E-state index in [0.717, 1.165) is 15.7 Å². The van der Waals surface area contributed by atoms with Crippen LogP contribution in [0.3, 0.4) is 0 Å². The van der Waals surface area contributed by atoms with Crippen molar-refractivity contribution in [3.8, 4) is 11.5 Å². The lowest BCUT2D eigenvalue weighted by Crippen LogP contribution is -2.26. The molecule has 138 valence electrons. The van der Waals surface area contributed by atoms with Gasteiger partial charge in [-0.1, -0.05) is 15.9 Å². The summed E-state index contributed by atoms with van der Waals surface area (Å²) in [4.78, 5) is 25.2. The van der Waals surface area contributed by atoms with Gasteiger partial charge in [0.05, 0.1) is 6.04 Å². The number of rotatable bonds is 5. The Hall–Kier alpha value is -2.80. The first-order valence-electron chi connectivity index (χ1n) is 8.41. The molecule has 1 atom stereocenters. The third-order valence-electron chi connectivity index (χ3n) is 3.89. The van der Waals surface area contributed by atoms with Crippen molar-refractivity contribution in [2.24, 2.45) is 0 Å². The van der Waals surface area contributed by atoms with E-state index in [4.69, 9.17) is 4.74 Å². The molecule has 3 aromatic rings. The highest BCUT2D eigenvalue weighted by Crippen LogP contribution is 2.27. The van der Waals surface area contributed by atoms with Crippen LogP contribution in [0.2, 0.25) is 0 Å². The maximum absolute atomic E-state index is 12.7. The highest BCUT2D eigenvalue weighted by Gasteiger charge is 2.14. The zero-order valence-corrected chi connectivity index (χ0v) is 16.8. The number of aryl methyl sites for hydroxylation is 2. The number of benzene rings is 1. The molecule has 27 heavy (non-hydrogen) atoms. The van der Waals surface area contributed by atoms with Crippen molar-refractivity contribution in [2.75, 3.05) is 0 Å². The van der Waals surface area contributed by atoms with Gasteiger partial charge in [-0.05, 0) is 45.0 Å². The fourth-order valence-corrected chi connectivity index (χ4v) is 2.93. The summed E-state index contributed by atoms with van der Waals surface area (Å²) in [6.07, 6.45) is 5.12. The summed E-state index contributed by atoms with van der Waals surface area (Å²) in [5.74, 6) is 1.71. The quantitative estimate of drug-likeness (QED) is 0.647. The number of carbonyl (C=O) groups is 1. The highest BCUT2D eigenvalue weighted by molar-refractivity contribution is 9.10. The van der Waals surface area contributed by atoms with Crippen molar-refractivity contribution < 1.29 is 9.53 Å². The number of aromatic nitrogens is 3. The molecule has 1 aromatic carbocycles. The van der Waals surface area contributed by atoms with E-state index in [9.17, 15) is 4.79 Å².